The number of nitrogens with zero attached hydrogens (tertiary/aromatic N) is 4. The maximum atomic E-state index is 13.9. The first kappa shape index (κ1) is 20.2. The second kappa shape index (κ2) is 7.16. The third kappa shape index (κ3) is 2.74. The van der Waals surface area contributed by atoms with E-state index >= 15 is 0 Å². The number of hydrogen-bond donors (Lipinski definition) is 0. The molecule has 1 saturated carbocycles. The van der Waals surface area contributed by atoms with E-state index in [9.17, 15) is 9.59 Å². The molecule has 2 bridgehead atoms. The molecule has 0 aromatic carbocycles. The molecule has 5 rings (SSSR count). The summed E-state index contributed by atoms with van der Waals surface area (Å²) in [7, 11) is 2.23. The van der Waals surface area contributed by atoms with Gasteiger partial charge in [-0.1, -0.05) is 26.7 Å². The molecule has 0 unspecified atom stereocenters. The zero-order valence-corrected chi connectivity index (χ0v) is 19.3. The smallest absolute Gasteiger partial charge is 0.264 e. The van der Waals surface area contributed by atoms with E-state index in [1.54, 1.807) is 10.9 Å². The maximum absolute atomic E-state index is 13.9. The summed E-state index contributed by atoms with van der Waals surface area (Å²) >= 11 is 1.40. The first-order valence-corrected chi connectivity index (χ1v) is 12.2. The highest BCUT2D eigenvalue weighted by atomic mass is 32.1. The van der Waals surface area contributed by atoms with E-state index < -0.39 is 0 Å². The molecule has 2 aromatic rings. The van der Waals surface area contributed by atoms with Crippen molar-refractivity contribution in [3.63, 3.8) is 0 Å². The van der Waals surface area contributed by atoms with Crippen molar-refractivity contribution in [3.8, 4) is 0 Å². The van der Waals surface area contributed by atoms with Crippen LogP contribution in [0.2, 0.25) is 0 Å². The van der Waals surface area contributed by atoms with Crippen molar-refractivity contribution in [1.82, 2.24) is 19.4 Å². The topological polar surface area (TPSA) is 58.4 Å². The van der Waals surface area contributed by atoms with Gasteiger partial charge >= 0.3 is 0 Å². The van der Waals surface area contributed by atoms with Crippen LogP contribution in [0.25, 0.3) is 10.2 Å². The normalized spacial score (nSPS) is 31.3. The minimum absolute atomic E-state index is 0.0176. The predicted octanol–water partition coefficient (Wildman–Crippen LogP) is 3.65. The van der Waals surface area contributed by atoms with Crippen LogP contribution in [-0.4, -0.2) is 57.0 Å². The van der Waals surface area contributed by atoms with Crippen molar-refractivity contribution in [2.75, 3.05) is 13.6 Å². The van der Waals surface area contributed by atoms with Gasteiger partial charge in [-0.05, 0) is 45.2 Å². The van der Waals surface area contributed by atoms with Crippen LogP contribution in [0.15, 0.2) is 11.1 Å². The number of carbonyl (C=O) groups is 1. The zero-order chi connectivity index (χ0) is 21.2. The Morgan fingerprint density at radius 2 is 2.03 bits per heavy atom. The molecule has 1 aliphatic carbocycles. The molecule has 1 amide bonds. The number of fused-ring (bicyclic) bond motifs is 2. The largest absolute Gasteiger partial charge is 0.330 e. The van der Waals surface area contributed by atoms with Crippen LogP contribution < -0.4 is 5.56 Å². The van der Waals surface area contributed by atoms with E-state index in [2.05, 4.69) is 35.7 Å². The molecule has 6 nitrogen and oxygen atoms in total. The molecule has 0 radical (unpaired) electrons. The van der Waals surface area contributed by atoms with Gasteiger partial charge in [0.2, 0.25) is 0 Å². The molecular formula is C23H32N4O2S. The second-order valence-electron chi connectivity index (χ2n) is 9.81. The first-order chi connectivity index (χ1) is 14.4. The van der Waals surface area contributed by atoms with Gasteiger partial charge in [0.05, 0.1) is 16.6 Å². The molecule has 2 aliphatic heterocycles. The molecule has 3 fully saturated rings. The zero-order valence-electron chi connectivity index (χ0n) is 18.5. The number of aromatic nitrogens is 2. The summed E-state index contributed by atoms with van der Waals surface area (Å²) in [5.74, 6) is 0.117. The van der Waals surface area contributed by atoms with Crippen molar-refractivity contribution in [3.05, 3.63) is 27.1 Å². The summed E-state index contributed by atoms with van der Waals surface area (Å²) in [6.07, 6.45) is 8.38. The average molecular weight is 429 g/mol. The molecule has 0 N–H and O–H groups in total. The Labute approximate surface area is 181 Å². The molecule has 3 aliphatic rings. The molecule has 30 heavy (non-hydrogen) atoms. The fourth-order valence-electron chi connectivity index (χ4n) is 6.67. The van der Waals surface area contributed by atoms with E-state index in [1.807, 2.05) is 6.92 Å². The minimum atomic E-state index is -0.0176. The van der Waals surface area contributed by atoms with Crippen molar-refractivity contribution < 1.29 is 4.79 Å². The highest BCUT2D eigenvalue weighted by Crippen LogP contribution is 2.53. The quantitative estimate of drug-likeness (QED) is 0.749. The van der Waals surface area contributed by atoms with E-state index in [0.29, 0.717) is 33.7 Å². The number of likely N-dealkylation sites (N-methyl/N-ethyl adjacent to an activating group) is 1. The number of piperidine rings is 1. The second-order valence-corrected chi connectivity index (χ2v) is 10.8. The number of hydrogen-bond acceptors (Lipinski definition) is 5. The van der Waals surface area contributed by atoms with Gasteiger partial charge in [-0.3, -0.25) is 14.2 Å². The van der Waals surface area contributed by atoms with E-state index in [4.69, 9.17) is 0 Å². The third-order valence-electron chi connectivity index (χ3n) is 7.97. The number of carbonyl (C=O) groups excluding carboxylic acids is 1. The van der Waals surface area contributed by atoms with Gasteiger partial charge in [0.25, 0.3) is 11.5 Å². The monoisotopic (exact) mass is 428 g/mol. The molecule has 0 spiro atoms. The predicted molar refractivity (Wildman–Crippen MR) is 120 cm³/mol. The van der Waals surface area contributed by atoms with Crippen molar-refractivity contribution in [1.29, 1.82) is 0 Å². The van der Waals surface area contributed by atoms with E-state index in [0.717, 1.165) is 31.4 Å². The summed E-state index contributed by atoms with van der Waals surface area (Å²) in [5.41, 5.74) is 0.963. The lowest BCUT2D eigenvalue weighted by molar-refractivity contribution is 0.0578. The first-order valence-electron chi connectivity index (χ1n) is 11.4. The van der Waals surface area contributed by atoms with Crippen LogP contribution in [-0.2, 0) is 6.54 Å². The van der Waals surface area contributed by atoms with E-state index in [1.165, 1.54) is 30.6 Å². The maximum Gasteiger partial charge on any atom is 0.264 e. The SMILES string of the molecule is CCCn1cnc2sc(C(=O)N3[C@@H]4CN(C)[C@@H]5CCCC[C@H]3[C@]5(C)C4)c(C)c2c1=O. The van der Waals surface area contributed by atoms with Gasteiger partial charge in [0.15, 0.2) is 0 Å². The Hall–Kier alpha value is -1.73. The summed E-state index contributed by atoms with van der Waals surface area (Å²) in [6.45, 7) is 8.00. The summed E-state index contributed by atoms with van der Waals surface area (Å²) in [4.78, 5) is 37.6. The Balaban J connectivity index is 1.58. The Morgan fingerprint density at radius 3 is 2.77 bits per heavy atom. The van der Waals surface area contributed by atoms with Gasteiger partial charge in [-0.25, -0.2) is 4.98 Å². The number of likely N-dealkylation sites (tertiary alicyclic amines) is 2. The molecule has 4 heterocycles. The van der Waals surface area contributed by atoms with Crippen LogP contribution in [0.4, 0.5) is 0 Å². The number of rotatable bonds is 3. The molecule has 4 atom stereocenters. The Kier molecular flexibility index (Phi) is 4.82. The van der Waals surface area contributed by atoms with Crippen molar-refractivity contribution >= 4 is 27.5 Å². The molecule has 2 saturated heterocycles. The van der Waals surface area contributed by atoms with Crippen LogP contribution in [0.1, 0.15) is 67.6 Å². The van der Waals surface area contributed by atoms with Gasteiger partial charge < -0.3 is 9.80 Å². The number of aryl methyl sites for hydroxylation is 2. The lowest BCUT2D eigenvalue weighted by Gasteiger charge is -2.44. The van der Waals surface area contributed by atoms with Crippen LogP contribution in [0.5, 0.6) is 0 Å². The molecule has 7 heteroatoms. The van der Waals surface area contributed by atoms with Crippen molar-refractivity contribution in [2.45, 2.75) is 84.0 Å². The average Bonchev–Trinajstić information content (AvgIpc) is 3.09. The Bertz CT molecular complexity index is 1060. The van der Waals surface area contributed by atoms with Crippen LogP contribution in [0.3, 0.4) is 0 Å². The lowest BCUT2D eigenvalue weighted by Crippen LogP contribution is -2.51. The fourth-order valence-corrected chi connectivity index (χ4v) is 7.75. The summed E-state index contributed by atoms with van der Waals surface area (Å²) in [5, 5.41) is 0.628. The lowest BCUT2D eigenvalue weighted by atomic mass is 9.71. The number of thiophene rings is 1. The van der Waals surface area contributed by atoms with Crippen LogP contribution in [0, 0.1) is 12.3 Å². The van der Waals surface area contributed by atoms with Gasteiger partial charge in [0.1, 0.15) is 4.83 Å². The van der Waals surface area contributed by atoms with Gasteiger partial charge in [-0.15, -0.1) is 11.3 Å². The van der Waals surface area contributed by atoms with Gasteiger partial charge in [-0.2, -0.15) is 0 Å². The highest BCUT2D eigenvalue weighted by Gasteiger charge is 2.59. The number of amides is 1. The highest BCUT2D eigenvalue weighted by molar-refractivity contribution is 7.20. The van der Waals surface area contributed by atoms with Gasteiger partial charge in [0, 0.05) is 36.6 Å². The standard InChI is InChI=1S/C23H32N4O2S/c1-5-10-26-13-24-20-18(21(26)28)14(2)19(30-20)22(29)27-15-11-23(3)16(25(4)12-15)8-6-7-9-17(23)27/h13,15-17H,5-12H2,1-4H3/t15-,16+,17-,23+/m0/s1. The minimum Gasteiger partial charge on any atom is -0.330 e. The van der Waals surface area contributed by atoms with Crippen molar-refractivity contribution in [2.24, 2.45) is 5.41 Å². The van der Waals surface area contributed by atoms with E-state index in [-0.39, 0.29) is 22.9 Å². The Morgan fingerprint density at radius 1 is 1.30 bits per heavy atom. The van der Waals surface area contributed by atoms with Crippen LogP contribution >= 0.6 is 11.3 Å². The fraction of sp³-hybridized carbons (Fsp3) is 0.696. The third-order valence-corrected chi connectivity index (χ3v) is 9.16. The summed E-state index contributed by atoms with van der Waals surface area (Å²) in [6, 6.07) is 1.12. The molecule has 162 valence electrons. The molecular weight excluding hydrogens is 396 g/mol. The summed E-state index contributed by atoms with van der Waals surface area (Å²) < 4.78 is 1.67. The molecule has 2 aromatic heterocycles.